The molecule has 0 saturated carbocycles. The Hall–Kier alpha value is -0.160. The molecule has 0 bridgehead atoms. The van der Waals surface area contributed by atoms with Crippen LogP contribution < -0.4 is 5.32 Å². The van der Waals surface area contributed by atoms with Gasteiger partial charge in [-0.2, -0.15) is 0 Å². The van der Waals surface area contributed by atoms with Crippen LogP contribution in [-0.2, 0) is 9.47 Å². The summed E-state index contributed by atoms with van der Waals surface area (Å²) in [6, 6.07) is 0. The molecule has 0 radical (unpaired) electrons. The summed E-state index contributed by atoms with van der Waals surface area (Å²) in [4.78, 5) is 2.62. The molecule has 0 spiro atoms. The first-order valence-electron chi connectivity index (χ1n) is 7.22. The highest BCUT2D eigenvalue weighted by Gasteiger charge is 2.37. The van der Waals surface area contributed by atoms with Crippen molar-refractivity contribution in [2.45, 2.75) is 19.3 Å². The lowest BCUT2D eigenvalue weighted by Gasteiger charge is -2.38. The van der Waals surface area contributed by atoms with E-state index in [1.54, 1.807) is 0 Å². The Morgan fingerprint density at radius 3 is 3.06 bits per heavy atom. The molecular weight excluding hydrogens is 228 g/mol. The number of methoxy groups -OCH3 is 1. The van der Waals surface area contributed by atoms with Crippen LogP contribution in [0.25, 0.3) is 0 Å². The predicted molar refractivity (Wildman–Crippen MR) is 72.8 cm³/mol. The second-order valence-corrected chi connectivity index (χ2v) is 6.03. The molecule has 0 aromatic carbocycles. The lowest BCUT2D eigenvalue weighted by atomic mass is 9.85. The SMILES string of the molecule is CNCC1(CN2CCCC(COC)C2)CCOC1. The Balaban J connectivity index is 1.86. The van der Waals surface area contributed by atoms with Gasteiger partial charge in [0.15, 0.2) is 0 Å². The van der Waals surface area contributed by atoms with E-state index in [9.17, 15) is 0 Å². The van der Waals surface area contributed by atoms with Crippen LogP contribution in [0, 0.1) is 11.3 Å². The zero-order valence-corrected chi connectivity index (χ0v) is 11.9. The van der Waals surface area contributed by atoms with Gasteiger partial charge in [0.1, 0.15) is 0 Å². The number of hydrogen-bond donors (Lipinski definition) is 1. The highest BCUT2D eigenvalue weighted by molar-refractivity contribution is 4.89. The molecule has 0 aromatic rings. The largest absolute Gasteiger partial charge is 0.384 e. The Morgan fingerprint density at radius 2 is 2.39 bits per heavy atom. The van der Waals surface area contributed by atoms with Gasteiger partial charge < -0.3 is 19.7 Å². The maximum Gasteiger partial charge on any atom is 0.0547 e. The van der Waals surface area contributed by atoms with Gasteiger partial charge in [-0.3, -0.25) is 0 Å². The predicted octanol–water partition coefficient (Wildman–Crippen LogP) is 0.971. The summed E-state index contributed by atoms with van der Waals surface area (Å²) in [7, 11) is 3.86. The molecular formula is C14H28N2O2. The van der Waals surface area contributed by atoms with Gasteiger partial charge in [0.25, 0.3) is 0 Å². The van der Waals surface area contributed by atoms with Crippen LogP contribution >= 0.6 is 0 Å². The quantitative estimate of drug-likeness (QED) is 0.768. The van der Waals surface area contributed by atoms with Crippen LogP contribution in [0.1, 0.15) is 19.3 Å². The molecule has 2 heterocycles. The van der Waals surface area contributed by atoms with Crippen molar-refractivity contribution in [2.75, 3.05) is 60.2 Å². The average molecular weight is 256 g/mol. The van der Waals surface area contributed by atoms with Crippen LogP contribution in [0.15, 0.2) is 0 Å². The smallest absolute Gasteiger partial charge is 0.0547 e. The molecule has 2 fully saturated rings. The molecule has 0 aliphatic carbocycles. The molecule has 0 aromatic heterocycles. The van der Waals surface area contributed by atoms with E-state index in [1.807, 2.05) is 14.2 Å². The normalized spacial score (nSPS) is 34.0. The lowest BCUT2D eigenvalue weighted by molar-refractivity contribution is 0.0559. The first-order valence-corrected chi connectivity index (χ1v) is 7.22. The Morgan fingerprint density at radius 1 is 1.50 bits per heavy atom. The second-order valence-electron chi connectivity index (χ2n) is 6.03. The maximum absolute atomic E-state index is 5.64. The van der Waals surface area contributed by atoms with Crippen molar-refractivity contribution in [3.05, 3.63) is 0 Å². The fourth-order valence-electron chi connectivity index (χ4n) is 3.49. The van der Waals surface area contributed by atoms with Gasteiger partial charge in [-0.25, -0.2) is 0 Å². The minimum absolute atomic E-state index is 0.337. The highest BCUT2D eigenvalue weighted by Crippen LogP contribution is 2.30. The summed E-state index contributed by atoms with van der Waals surface area (Å²) >= 11 is 0. The Kier molecular flexibility index (Phi) is 5.42. The molecule has 2 atom stereocenters. The minimum Gasteiger partial charge on any atom is -0.384 e. The van der Waals surface area contributed by atoms with Crippen molar-refractivity contribution >= 4 is 0 Å². The summed E-state index contributed by atoms with van der Waals surface area (Å²) in [5, 5.41) is 3.35. The number of likely N-dealkylation sites (tertiary alicyclic amines) is 1. The molecule has 4 nitrogen and oxygen atoms in total. The van der Waals surface area contributed by atoms with Crippen molar-refractivity contribution in [1.29, 1.82) is 0 Å². The van der Waals surface area contributed by atoms with E-state index in [2.05, 4.69) is 10.2 Å². The monoisotopic (exact) mass is 256 g/mol. The lowest BCUT2D eigenvalue weighted by Crippen LogP contribution is -2.47. The molecule has 1 N–H and O–H groups in total. The van der Waals surface area contributed by atoms with E-state index in [1.165, 1.54) is 38.9 Å². The molecule has 2 saturated heterocycles. The van der Waals surface area contributed by atoms with Gasteiger partial charge in [-0.1, -0.05) is 0 Å². The van der Waals surface area contributed by atoms with Crippen molar-refractivity contribution < 1.29 is 9.47 Å². The molecule has 2 aliphatic rings. The van der Waals surface area contributed by atoms with Crippen LogP contribution in [0.5, 0.6) is 0 Å². The zero-order chi connectivity index (χ0) is 12.8. The first-order chi connectivity index (χ1) is 8.78. The van der Waals surface area contributed by atoms with Crippen molar-refractivity contribution in [2.24, 2.45) is 11.3 Å². The third kappa shape index (κ3) is 3.67. The van der Waals surface area contributed by atoms with Crippen LogP contribution in [0.2, 0.25) is 0 Å². The Bertz CT molecular complexity index is 240. The highest BCUT2D eigenvalue weighted by atomic mass is 16.5. The third-order valence-electron chi connectivity index (χ3n) is 4.30. The number of nitrogens with one attached hydrogen (secondary N) is 1. The summed E-state index contributed by atoms with van der Waals surface area (Å²) < 4.78 is 10.9. The van der Waals surface area contributed by atoms with Crippen LogP contribution in [0.3, 0.4) is 0 Å². The Labute approximate surface area is 111 Å². The van der Waals surface area contributed by atoms with Gasteiger partial charge in [0, 0.05) is 38.8 Å². The number of hydrogen-bond acceptors (Lipinski definition) is 4. The topological polar surface area (TPSA) is 33.7 Å². The number of ether oxygens (including phenoxy) is 2. The second kappa shape index (κ2) is 6.85. The standard InChI is InChI=1S/C14H28N2O2/c1-15-10-14(5-7-18-12-14)11-16-6-3-4-13(8-16)9-17-2/h13,15H,3-12H2,1-2H3. The van der Waals surface area contributed by atoms with E-state index < -0.39 is 0 Å². The van der Waals surface area contributed by atoms with Gasteiger partial charge in [0.2, 0.25) is 0 Å². The average Bonchev–Trinajstić information content (AvgIpc) is 2.79. The van der Waals surface area contributed by atoms with E-state index in [0.717, 1.165) is 32.3 Å². The van der Waals surface area contributed by atoms with E-state index in [4.69, 9.17) is 9.47 Å². The molecule has 2 unspecified atom stereocenters. The van der Waals surface area contributed by atoms with Crippen molar-refractivity contribution in [3.63, 3.8) is 0 Å². The summed E-state index contributed by atoms with van der Waals surface area (Å²) in [5.41, 5.74) is 0.337. The molecule has 18 heavy (non-hydrogen) atoms. The van der Waals surface area contributed by atoms with E-state index >= 15 is 0 Å². The molecule has 106 valence electrons. The summed E-state index contributed by atoms with van der Waals surface area (Å²) in [6.07, 6.45) is 3.82. The van der Waals surface area contributed by atoms with Gasteiger partial charge in [-0.05, 0) is 38.8 Å². The number of nitrogens with zero attached hydrogens (tertiary/aromatic N) is 1. The van der Waals surface area contributed by atoms with Gasteiger partial charge in [-0.15, -0.1) is 0 Å². The molecule has 0 amide bonds. The van der Waals surface area contributed by atoms with Gasteiger partial charge >= 0.3 is 0 Å². The third-order valence-corrected chi connectivity index (χ3v) is 4.30. The molecule has 2 aliphatic heterocycles. The fourth-order valence-corrected chi connectivity index (χ4v) is 3.49. The summed E-state index contributed by atoms with van der Waals surface area (Å²) in [5.74, 6) is 0.720. The van der Waals surface area contributed by atoms with Crippen LogP contribution in [-0.4, -0.2) is 65.1 Å². The number of rotatable bonds is 6. The van der Waals surface area contributed by atoms with Crippen LogP contribution in [0.4, 0.5) is 0 Å². The van der Waals surface area contributed by atoms with Gasteiger partial charge in [0.05, 0.1) is 13.2 Å². The summed E-state index contributed by atoms with van der Waals surface area (Å²) in [6.45, 7) is 7.43. The molecule has 4 heteroatoms. The maximum atomic E-state index is 5.64. The fraction of sp³-hybridized carbons (Fsp3) is 1.00. The minimum atomic E-state index is 0.337. The van der Waals surface area contributed by atoms with Crippen molar-refractivity contribution in [3.8, 4) is 0 Å². The van der Waals surface area contributed by atoms with E-state index in [0.29, 0.717) is 5.41 Å². The van der Waals surface area contributed by atoms with Crippen molar-refractivity contribution in [1.82, 2.24) is 10.2 Å². The number of piperidine rings is 1. The molecule has 2 rings (SSSR count). The zero-order valence-electron chi connectivity index (χ0n) is 11.9. The first kappa shape index (κ1) is 14.3. The van der Waals surface area contributed by atoms with E-state index in [-0.39, 0.29) is 0 Å².